The molecule has 1 rings (SSSR count). The van der Waals surface area contributed by atoms with Gasteiger partial charge in [-0.15, -0.1) is 0 Å². The topological polar surface area (TPSA) is 104 Å². The second-order valence-electron chi connectivity index (χ2n) is 4.99. The first-order chi connectivity index (χ1) is 9.24. The van der Waals surface area contributed by atoms with Gasteiger partial charge < -0.3 is 15.5 Å². The number of carbonyl (C=O) groups is 3. The van der Waals surface area contributed by atoms with Crippen molar-refractivity contribution in [2.45, 2.75) is 20.3 Å². The summed E-state index contributed by atoms with van der Waals surface area (Å²) in [5, 5.41) is 20.3. The van der Waals surface area contributed by atoms with Crippen molar-refractivity contribution in [2.75, 3.05) is 6.54 Å². The Bertz CT molecular complexity index is 523. The Balaban J connectivity index is 2.72. The van der Waals surface area contributed by atoms with Gasteiger partial charge >= 0.3 is 11.9 Å². The van der Waals surface area contributed by atoms with Crippen molar-refractivity contribution in [3.8, 4) is 0 Å². The van der Waals surface area contributed by atoms with E-state index < -0.39 is 29.7 Å². The van der Waals surface area contributed by atoms with E-state index in [1.165, 1.54) is 6.92 Å². The molecule has 0 spiro atoms. The standard InChI is InChI=1S/C14H17NO5/c1-9-3-5-10(6-4-9)12(18)15-8-14(2,13(19)20)7-11(16)17/h3-6H,7-8H2,1-2H3,(H,15,18)(H,16,17)(H,19,20). The van der Waals surface area contributed by atoms with Crippen molar-refractivity contribution in [2.24, 2.45) is 5.41 Å². The zero-order valence-electron chi connectivity index (χ0n) is 11.3. The highest BCUT2D eigenvalue weighted by Crippen LogP contribution is 2.21. The van der Waals surface area contributed by atoms with Gasteiger partial charge in [-0.05, 0) is 26.0 Å². The van der Waals surface area contributed by atoms with E-state index in [1.807, 2.05) is 6.92 Å². The third-order valence-corrected chi connectivity index (χ3v) is 3.01. The first kappa shape index (κ1) is 15.7. The first-order valence-electron chi connectivity index (χ1n) is 6.05. The second kappa shape index (κ2) is 6.18. The maximum absolute atomic E-state index is 11.9. The van der Waals surface area contributed by atoms with Gasteiger partial charge in [0.05, 0.1) is 11.8 Å². The van der Waals surface area contributed by atoms with Gasteiger partial charge in [0.2, 0.25) is 0 Å². The van der Waals surface area contributed by atoms with Gasteiger partial charge in [0.25, 0.3) is 5.91 Å². The van der Waals surface area contributed by atoms with Crippen LogP contribution in [0.25, 0.3) is 0 Å². The van der Waals surface area contributed by atoms with Crippen LogP contribution in [0.4, 0.5) is 0 Å². The summed E-state index contributed by atoms with van der Waals surface area (Å²) < 4.78 is 0. The fourth-order valence-corrected chi connectivity index (χ4v) is 1.63. The third-order valence-electron chi connectivity index (χ3n) is 3.01. The molecular weight excluding hydrogens is 262 g/mol. The number of rotatable bonds is 6. The van der Waals surface area contributed by atoms with Crippen LogP contribution in [0.5, 0.6) is 0 Å². The Hall–Kier alpha value is -2.37. The fourth-order valence-electron chi connectivity index (χ4n) is 1.63. The quantitative estimate of drug-likeness (QED) is 0.728. The Kier molecular flexibility index (Phi) is 4.85. The number of carboxylic acids is 2. The fraction of sp³-hybridized carbons (Fsp3) is 0.357. The average Bonchev–Trinajstić information content (AvgIpc) is 2.36. The molecule has 1 unspecified atom stereocenters. The Morgan fingerprint density at radius 3 is 2.15 bits per heavy atom. The highest BCUT2D eigenvalue weighted by molar-refractivity contribution is 5.94. The molecule has 0 saturated carbocycles. The van der Waals surface area contributed by atoms with Crippen LogP contribution < -0.4 is 5.32 Å². The van der Waals surface area contributed by atoms with Gasteiger partial charge in [0, 0.05) is 12.1 Å². The van der Waals surface area contributed by atoms with Crippen LogP contribution in [0.2, 0.25) is 0 Å². The van der Waals surface area contributed by atoms with Crippen LogP contribution in [-0.4, -0.2) is 34.6 Å². The molecule has 108 valence electrons. The number of hydrogen-bond donors (Lipinski definition) is 3. The van der Waals surface area contributed by atoms with Crippen molar-refractivity contribution in [3.05, 3.63) is 35.4 Å². The molecule has 0 radical (unpaired) electrons. The monoisotopic (exact) mass is 279 g/mol. The van der Waals surface area contributed by atoms with Crippen LogP contribution in [0.3, 0.4) is 0 Å². The van der Waals surface area contributed by atoms with Crippen molar-refractivity contribution in [3.63, 3.8) is 0 Å². The van der Waals surface area contributed by atoms with Gasteiger partial charge in [0.1, 0.15) is 0 Å². The summed E-state index contributed by atoms with van der Waals surface area (Å²) in [5.41, 5.74) is -0.131. The highest BCUT2D eigenvalue weighted by atomic mass is 16.4. The van der Waals surface area contributed by atoms with Gasteiger partial charge in [-0.25, -0.2) is 0 Å². The van der Waals surface area contributed by atoms with Crippen molar-refractivity contribution in [1.82, 2.24) is 5.32 Å². The minimum atomic E-state index is -1.54. The lowest BCUT2D eigenvalue weighted by molar-refractivity contribution is -0.154. The maximum Gasteiger partial charge on any atom is 0.311 e. The first-order valence-corrected chi connectivity index (χ1v) is 6.05. The molecule has 0 aliphatic rings. The van der Waals surface area contributed by atoms with Gasteiger partial charge in [0.15, 0.2) is 0 Å². The normalized spacial score (nSPS) is 13.3. The molecule has 3 N–H and O–H groups in total. The summed E-state index contributed by atoms with van der Waals surface area (Å²) in [6, 6.07) is 6.78. The zero-order chi connectivity index (χ0) is 15.3. The second-order valence-corrected chi connectivity index (χ2v) is 4.99. The number of aryl methyl sites for hydroxylation is 1. The number of hydrogen-bond acceptors (Lipinski definition) is 3. The molecule has 0 fully saturated rings. The lowest BCUT2D eigenvalue weighted by Crippen LogP contribution is -2.42. The van der Waals surface area contributed by atoms with Crippen LogP contribution in [0, 0.1) is 12.3 Å². The van der Waals surface area contributed by atoms with Crippen LogP contribution in [0.1, 0.15) is 29.3 Å². The van der Waals surface area contributed by atoms with Crippen LogP contribution in [0.15, 0.2) is 24.3 Å². The summed E-state index contributed by atoms with van der Waals surface area (Å²) in [5.74, 6) is -2.91. The Morgan fingerprint density at radius 2 is 1.70 bits per heavy atom. The molecule has 1 amide bonds. The smallest absolute Gasteiger partial charge is 0.311 e. The molecular formula is C14H17NO5. The Labute approximate surface area is 116 Å². The average molecular weight is 279 g/mol. The van der Waals surface area contributed by atoms with E-state index in [-0.39, 0.29) is 6.54 Å². The predicted molar refractivity (Wildman–Crippen MR) is 71.5 cm³/mol. The largest absolute Gasteiger partial charge is 0.481 e. The molecule has 6 heteroatoms. The summed E-state index contributed by atoms with van der Waals surface area (Å²) in [4.78, 5) is 33.7. The van der Waals surface area contributed by atoms with E-state index in [0.717, 1.165) is 5.56 Å². The van der Waals surface area contributed by atoms with Gasteiger partial charge in [-0.3, -0.25) is 14.4 Å². The predicted octanol–water partition coefficient (Wildman–Crippen LogP) is 1.29. The van der Waals surface area contributed by atoms with Crippen molar-refractivity contribution >= 4 is 17.8 Å². The molecule has 0 aliphatic carbocycles. The maximum atomic E-state index is 11.9. The molecule has 6 nitrogen and oxygen atoms in total. The van der Waals surface area contributed by atoms with Crippen molar-refractivity contribution in [1.29, 1.82) is 0 Å². The highest BCUT2D eigenvalue weighted by Gasteiger charge is 2.36. The summed E-state index contributed by atoms with van der Waals surface area (Å²) >= 11 is 0. The van der Waals surface area contributed by atoms with Crippen LogP contribution in [-0.2, 0) is 9.59 Å². The van der Waals surface area contributed by atoms with E-state index in [4.69, 9.17) is 10.2 Å². The van der Waals surface area contributed by atoms with E-state index >= 15 is 0 Å². The third kappa shape index (κ3) is 4.08. The molecule has 0 bridgehead atoms. The molecule has 20 heavy (non-hydrogen) atoms. The molecule has 1 aromatic rings. The van der Waals surface area contributed by atoms with Crippen molar-refractivity contribution < 1.29 is 24.6 Å². The SMILES string of the molecule is Cc1ccc(C(=O)NCC(C)(CC(=O)O)C(=O)O)cc1. The number of carbonyl (C=O) groups excluding carboxylic acids is 1. The minimum absolute atomic E-state index is 0.249. The number of benzene rings is 1. The van der Waals surface area contributed by atoms with Crippen LogP contribution >= 0.6 is 0 Å². The molecule has 0 saturated heterocycles. The minimum Gasteiger partial charge on any atom is -0.481 e. The zero-order valence-corrected chi connectivity index (χ0v) is 11.3. The number of carboxylic acid groups (broad SMARTS) is 2. The molecule has 1 atom stereocenters. The number of amides is 1. The molecule has 0 aromatic heterocycles. The van der Waals surface area contributed by atoms with E-state index in [1.54, 1.807) is 24.3 Å². The molecule has 0 heterocycles. The van der Waals surface area contributed by atoms with E-state index in [2.05, 4.69) is 5.32 Å². The number of aliphatic carboxylic acids is 2. The summed E-state index contributed by atoms with van der Waals surface area (Å²) in [6.07, 6.45) is -0.559. The lowest BCUT2D eigenvalue weighted by Gasteiger charge is -2.23. The lowest BCUT2D eigenvalue weighted by atomic mass is 9.86. The molecule has 1 aromatic carbocycles. The molecule has 0 aliphatic heterocycles. The number of nitrogens with one attached hydrogen (secondary N) is 1. The van der Waals surface area contributed by atoms with E-state index in [9.17, 15) is 14.4 Å². The summed E-state index contributed by atoms with van der Waals surface area (Å²) in [6.45, 7) is 2.93. The summed E-state index contributed by atoms with van der Waals surface area (Å²) in [7, 11) is 0. The van der Waals surface area contributed by atoms with Gasteiger partial charge in [-0.2, -0.15) is 0 Å². The Morgan fingerprint density at radius 1 is 1.15 bits per heavy atom. The van der Waals surface area contributed by atoms with Gasteiger partial charge in [-0.1, -0.05) is 17.7 Å². The van der Waals surface area contributed by atoms with E-state index in [0.29, 0.717) is 5.56 Å².